The fourth-order valence-electron chi connectivity index (χ4n) is 4.27. The first-order chi connectivity index (χ1) is 16.5. The smallest absolute Gasteiger partial charge is 0.224 e. The van der Waals surface area contributed by atoms with E-state index in [1.54, 1.807) is 0 Å². The zero-order valence-electron chi connectivity index (χ0n) is 18.7. The van der Waals surface area contributed by atoms with Gasteiger partial charge < -0.3 is 10.3 Å². The van der Waals surface area contributed by atoms with E-state index in [4.69, 9.17) is 4.98 Å². The van der Waals surface area contributed by atoms with Crippen LogP contribution in [0.4, 0.5) is 14.5 Å². The number of aryl methyl sites for hydroxylation is 2. The minimum absolute atomic E-state index is 0.0184. The third-order valence-corrected chi connectivity index (χ3v) is 5.95. The van der Waals surface area contributed by atoms with Crippen molar-refractivity contribution < 1.29 is 13.6 Å². The average molecular weight is 456 g/mol. The molecule has 0 radical (unpaired) electrons. The Balaban J connectivity index is 1.40. The predicted octanol–water partition coefficient (Wildman–Crippen LogP) is 6.93. The second-order valence-electron chi connectivity index (χ2n) is 8.44. The Morgan fingerprint density at radius 1 is 1.00 bits per heavy atom. The maximum absolute atomic E-state index is 13.9. The molecule has 0 atom stereocenters. The van der Waals surface area contributed by atoms with Crippen molar-refractivity contribution in [3.63, 3.8) is 0 Å². The van der Waals surface area contributed by atoms with Gasteiger partial charge in [0.25, 0.3) is 0 Å². The molecule has 0 unspecified atom stereocenters. The predicted molar refractivity (Wildman–Crippen MR) is 132 cm³/mol. The fourth-order valence-corrected chi connectivity index (χ4v) is 4.27. The molecule has 6 heteroatoms. The van der Waals surface area contributed by atoms with E-state index in [0.29, 0.717) is 12.8 Å². The Morgan fingerprint density at radius 2 is 1.85 bits per heavy atom. The standard InChI is InChI=1S/C28H23F2N3O/c1-17-9-12-24-21(15-17)20(6-4-8-27(34)32-25-14-11-19(29)16-22(25)30)28(33-24)26-13-10-18-5-2-3-7-23(18)31-26/h2-3,5,7,9-16,33H,4,6,8H2,1H3,(H,32,34). The summed E-state index contributed by atoms with van der Waals surface area (Å²) in [6, 6.07) is 21.4. The molecule has 2 heterocycles. The van der Waals surface area contributed by atoms with Crippen LogP contribution in [0.15, 0.2) is 72.8 Å². The molecule has 5 rings (SSSR count). The molecule has 170 valence electrons. The van der Waals surface area contributed by atoms with Gasteiger partial charge in [0.15, 0.2) is 0 Å². The zero-order chi connectivity index (χ0) is 23.7. The molecule has 0 bridgehead atoms. The number of aromatic nitrogens is 2. The van der Waals surface area contributed by atoms with Gasteiger partial charge in [0.1, 0.15) is 11.6 Å². The van der Waals surface area contributed by atoms with Gasteiger partial charge in [-0.25, -0.2) is 13.8 Å². The van der Waals surface area contributed by atoms with Crippen molar-refractivity contribution in [2.75, 3.05) is 5.32 Å². The van der Waals surface area contributed by atoms with Gasteiger partial charge in [-0.2, -0.15) is 0 Å². The second kappa shape index (κ2) is 9.06. The molecule has 2 aromatic heterocycles. The number of rotatable bonds is 6. The number of aromatic amines is 1. The lowest BCUT2D eigenvalue weighted by molar-refractivity contribution is -0.116. The summed E-state index contributed by atoms with van der Waals surface area (Å²) in [5.41, 5.74) is 5.95. The molecule has 1 amide bonds. The van der Waals surface area contributed by atoms with Gasteiger partial charge in [-0.05, 0) is 61.7 Å². The highest BCUT2D eigenvalue weighted by atomic mass is 19.1. The number of hydrogen-bond donors (Lipinski definition) is 2. The van der Waals surface area contributed by atoms with E-state index in [-0.39, 0.29) is 18.0 Å². The molecule has 0 saturated carbocycles. The maximum Gasteiger partial charge on any atom is 0.224 e. The molecule has 4 nitrogen and oxygen atoms in total. The molecule has 0 saturated heterocycles. The van der Waals surface area contributed by atoms with E-state index in [2.05, 4.69) is 41.5 Å². The van der Waals surface area contributed by atoms with Gasteiger partial charge in [-0.15, -0.1) is 0 Å². The number of amides is 1. The summed E-state index contributed by atoms with van der Waals surface area (Å²) in [5, 5.41) is 4.71. The van der Waals surface area contributed by atoms with Crippen LogP contribution in [-0.4, -0.2) is 15.9 Å². The SMILES string of the molecule is Cc1ccc2[nH]c(-c3ccc4ccccc4n3)c(CCCC(=O)Nc3ccc(F)cc3F)c2c1. The number of carbonyl (C=O) groups excluding carboxylic acids is 1. The number of fused-ring (bicyclic) bond motifs is 2. The van der Waals surface area contributed by atoms with Crippen LogP contribution in [0.25, 0.3) is 33.2 Å². The molecule has 3 aromatic carbocycles. The summed E-state index contributed by atoms with van der Waals surface area (Å²) in [7, 11) is 0. The van der Waals surface area contributed by atoms with Crippen molar-refractivity contribution in [2.45, 2.75) is 26.2 Å². The molecule has 2 N–H and O–H groups in total. The van der Waals surface area contributed by atoms with E-state index >= 15 is 0 Å². The number of hydrogen-bond acceptors (Lipinski definition) is 2. The highest BCUT2D eigenvalue weighted by molar-refractivity contribution is 5.93. The number of nitrogens with one attached hydrogen (secondary N) is 2. The van der Waals surface area contributed by atoms with Crippen molar-refractivity contribution in [2.24, 2.45) is 0 Å². The van der Waals surface area contributed by atoms with Crippen LogP contribution in [0.1, 0.15) is 24.0 Å². The lowest BCUT2D eigenvalue weighted by Crippen LogP contribution is -2.12. The van der Waals surface area contributed by atoms with E-state index in [9.17, 15) is 13.6 Å². The highest BCUT2D eigenvalue weighted by Gasteiger charge is 2.16. The van der Waals surface area contributed by atoms with E-state index in [0.717, 1.165) is 56.5 Å². The number of anilines is 1. The van der Waals surface area contributed by atoms with Crippen LogP contribution in [0.5, 0.6) is 0 Å². The molecule has 0 spiro atoms. The third-order valence-electron chi connectivity index (χ3n) is 5.95. The number of nitrogens with zero attached hydrogens (tertiary/aromatic N) is 1. The third kappa shape index (κ3) is 4.39. The Morgan fingerprint density at radius 3 is 2.71 bits per heavy atom. The first kappa shape index (κ1) is 21.8. The van der Waals surface area contributed by atoms with Gasteiger partial charge in [0, 0.05) is 28.8 Å². The average Bonchev–Trinajstić information content (AvgIpc) is 3.18. The molecule has 0 aliphatic rings. The van der Waals surface area contributed by atoms with Gasteiger partial charge >= 0.3 is 0 Å². The molecular formula is C28H23F2N3O. The highest BCUT2D eigenvalue weighted by Crippen LogP contribution is 2.32. The number of carbonyl (C=O) groups is 1. The Bertz CT molecular complexity index is 1520. The van der Waals surface area contributed by atoms with Crippen LogP contribution in [0.2, 0.25) is 0 Å². The Kier molecular flexibility index (Phi) is 5.80. The number of benzene rings is 3. The first-order valence-electron chi connectivity index (χ1n) is 11.2. The molecule has 0 aliphatic carbocycles. The summed E-state index contributed by atoms with van der Waals surface area (Å²) in [6.07, 6.45) is 1.42. The molecular weight excluding hydrogens is 432 g/mol. The topological polar surface area (TPSA) is 57.8 Å². The van der Waals surface area contributed by atoms with E-state index in [1.807, 2.05) is 30.3 Å². The first-order valence-corrected chi connectivity index (χ1v) is 11.2. The van der Waals surface area contributed by atoms with Gasteiger partial charge in [-0.1, -0.05) is 35.9 Å². The lowest BCUT2D eigenvalue weighted by atomic mass is 10.0. The Hall–Kier alpha value is -4.06. The summed E-state index contributed by atoms with van der Waals surface area (Å²) < 4.78 is 27.0. The van der Waals surface area contributed by atoms with Crippen LogP contribution in [-0.2, 0) is 11.2 Å². The number of para-hydroxylation sites is 1. The Labute approximate surface area is 195 Å². The van der Waals surface area contributed by atoms with Gasteiger partial charge in [0.2, 0.25) is 5.91 Å². The van der Waals surface area contributed by atoms with Crippen molar-refractivity contribution in [3.8, 4) is 11.4 Å². The monoisotopic (exact) mass is 455 g/mol. The quantitative estimate of drug-likeness (QED) is 0.292. The number of H-pyrrole nitrogens is 1. The fraction of sp³-hybridized carbons (Fsp3) is 0.143. The van der Waals surface area contributed by atoms with Crippen molar-refractivity contribution in [3.05, 3.63) is 95.6 Å². The number of halogens is 2. The van der Waals surface area contributed by atoms with Crippen LogP contribution >= 0.6 is 0 Å². The van der Waals surface area contributed by atoms with E-state index in [1.165, 1.54) is 6.07 Å². The molecule has 34 heavy (non-hydrogen) atoms. The van der Waals surface area contributed by atoms with Gasteiger partial charge in [0.05, 0.1) is 22.6 Å². The van der Waals surface area contributed by atoms with Crippen LogP contribution in [0.3, 0.4) is 0 Å². The lowest BCUT2D eigenvalue weighted by Gasteiger charge is -2.08. The van der Waals surface area contributed by atoms with Gasteiger partial charge in [-0.3, -0.25) is 4.79 Å². The second-order valence-corrected chi connectivity index (χ2v) is 8.44. The zero-order valence-corrected chi connectivity index (χ0v) is 18.7. The normalized spacial score (nSPS) is 11.3. The minimum atomic E-state index is -0.787. The summed E-state index contributed by atoms with van der Waals surface area (Å²) in [5.74, 6) is -1.78. The van der Waals surface area contributed by atoms with Crippen LogP contribution < -0.4 is 5.32 Å². The molecule has 0 aliphatic heterocycles. The van der Waals surface area contributed by atoms with Crippen molar-refractivity contribution in [1.29, 1.82) is 0 Å². The van der Waals surface area contributed by atoms with E-state index < -0.39 is 11.6 Å². The van der Waals surface area contributed by atoms with Crippen LogP contribution in [0, 0.1) is 18.6 Å². The van der Waals surface area contributed by atoms with Crippen molar-refractivity contribution in [1.82, 2.24) is 9.97 Å². The molecule has 0 fully saturated rings. The summed E-state index contributed by atoms with van der Waals surface area (Å²) >= 11 is 0. The summed E-state index contributed by atoms with van der Waals surface area (Å²) in [6.45, 7) is 2.05. The number of pyridine rings is 1. The maximum atomic E-state index is 13.9. The molecule has 5 aromatic rings. The largest absolute Gasteiger partial charge is 0.353 e. The minimum Gasteiger partial charge on any atom is -0.353 e. The summed E-state index contributed by atoms with van der Waals surface area (Å²) in [4.78, 5) is 20.8. The van der Waals surface area contributed by atoms with Crippen molar-refractivity contribution >= 4 is 33.4 Å².